The van der Waals surface area contributed by atoms with Gasteiger partial charge in [0.05, 0.1) is 32.0 Å². The Morgan fingerprint density at radius 1 is 1.16 bits per heavy atom. The van der Waals surface area contributed by atoms with Crippen molar-refractivity contribution in [2.24, 2.45) is 0 Å². The molecule has 0 saturated carbocycles. The number of fused-ring (bicyclic) bond motifs is 1. The van der Waals surface area contributed by atoms with Crippen molar-refractivity contribution < 1.29 is 33.0 Å². The minimum Gasteiger partial charge on any atom is -0.497 e. The Kier molecular flexibility index (Phi) is 6.96. The molecule has 0 aliphatic heterocycles. The summed E-state index contributed by atoms with van der Waals surface area (Å²) in [6.07, 6.45) is 1.44. The lowest BCUT2D eigenvalue weighted by Gasteiger charge is -2.08. The van der Waals surface area contributed by atoms with Gasteiger partial charge < -0.3 is 23.9 Å². The highest BCUT2D eigenvalue weighted by atomic mass is 32.1. The summed E-state index contributed by atoms with van der Waals surface area (Å²) < 4.78 is 20.8. The van der Waals surface area contributed by atoms with Gasteiger partial charge in [0.1, 0.15) is 16.3 Å². The van der Waals surface area contributed by atoms with E-state index in [0.29, 0.717) is 27.5 Å². The average molecular weight is 445 g/mol. The number of anilines is 1. The fraction of sp³-hybridized carbons (Fsp3) is 0.318. The molecule has 3 rings (SSSR count). The topological polar surface area (TPSA) is 104 Å². The molecule has 1 N–H and O–H groups in total. The number of nitrogens with one attached hydrogen (secondary N) is 1. The van der Waals surface area contributed by atoms with Crippen molar-refractivity contribution in [3.05, 3.63) is 46.0 Å². The number of furan rings is 1. The summed E-state index contributed by atoms with van der Waals surface area (Å²) in [6, 6.07) is 5.29. The molecule has 3 aromatic rings. The molecule has 9 heteroatoms. The lowest BCUT2D eigenvalue weighted by Crippen LogP contribution is -2.22. The van der Waals surface area contributed by atoms with Crippen molar-refractivity contribution in [2.45, 2.75) is 27.2 Å². The van der Waals surface area contributed by atoms with Crippen LogP contribution < -0.4 is 10.1 Å². The van der Waals surface area contributed by atoms with Gasteiger partial charge in [-0.2, -0.15) is 0 Å². The number of rotatable bonds is 8. The van der Waals surface area contributed by atoms with Gasteiger partial charge in [0.25, 0.3) is 5.91 Å². The third-order valence-electron chi connectivity index (χ3n) is 4.68. The molecule has 0 unspecified atom stereocenters. The number of aryl methyl sites for hydroxylation is 1. The summed E-state index contributed by atoms with van der Waals surface area (Å²) in [5.41, 5.74) is 2.32. The van der Waals surface area contributed by atoms with Crippen LogP contribution in [0.5, 0.6) is 5.75 Å². The van der Waals surface area contributed by atoms with Gasteiger partial charge in [0.15, 0.2) is 6.61 Å². The third-order valence-corrected chi connectivity index (χ3v) is 5.80. The molecule has 0 radical (unpaired) electrons. The number of ether oxygens (including phenoxy) is 3. The van der Waals surface area contributed by atoms with Crippen LogP contribution in [0.25, 0.3) is 11.0 Å². The average Bonchev–Trinajstić information content (AvgIpc) is 3.26. The maximum atomic E-state index is 12.3. The molecular formula is C22H23NO7S. The summed E-state index contributed by atoms with van der Waals surface area (Å²) in [4.78, 5) is 37.6. The highest BCUT2D eigenvalue weighted by Crippen LogP contribution is 2.33. The number of carbonyl (C=O) groups excluding carboxylic acids is 3. The molecule has 0 atom stereocenters. The second-order valence-corrected chi connectivity index (χ2v) is 7.94. The van der Waals surface area contributed by atoms with Crippen LogP contribution in [0, 0.1) is 13.8 Å². The standard InChI is InChI=1S/C22H23NO7S/c1-5-28-22(26)20-12(2)13(3)31-21(20)23-18(24)11-30-19(25)8-14-10-29-17-9-15(27-4)6-7-16(14)17/h6-7,9-10H,5,8,11H2,1-4H3,(H,23,24). The van der Waals surface area contributed by atoms with Crippen LogP contribution in [0.3, 0.4) is 0 Å². The third kappa shape index (κ3) is 5.05. The Hall–Kier alpha value is -3.33. The fourth-order valence-corrected chi connectivity index (χ4v) is 4.07. The normalized spacial score (nSPS) is 10.7. The van der Waals surface area contributed by atoms with E-state index in [2.05, 4.69) is 5.32 Å². The Bertz CT molecular complexity index is 1130. The number of amides is 1. The summed E-state index contributed by atoms with van der Waals surface area (Å²) in [7, 11) is 1.56. The van der Waals surface area contributed by atoms with E-state index in [1.165, 1.54) is 17.6 Å². The second kappa shape index (κ2) is 9.65. The highest BCUT2D eigenvalue weighted by molar-refractivity contribution is 7.16. The van der Waals surface area contributed by atoms with Crippen LogP contribution in [0.15, 0.2) is 28.9 Å². The van der Waals surface area contributed by atoms with Gasteiger partial charge in [-0.15, -0.1) is 11.3 Å². The first-order valence-corrected chi connectivity index (χ1v) is 10.4. The first-order chi connectivity index (χ1) is 14.8. The lowest BCUT2D eigenvalue weighted by atomic mass is 10.1. The summed E-state index contributed by atoms with van der Waals surface area (Å²) in [5.74, 6) is -0.964. The molecule has 1 amide bonds. The molecule has 0 spiro atoms. The van der Waals surface area contributed by atoms with Gasteiger partial charge in [-0.25, -0.2) is 4.79 Å². The molecule has 0 fully saturated rings. The lowest BCUT2D eigenvalue weighted by molar-refractivity contribution is -0.146. The Morgan fingerprint density at radius 3 is 2.65 bits per heavy atom. The van der Waals surface area contributed by atoms with Gasteiger partial charge >= 0.3 is 11.9 Å². The fourth-order valence-electron chi connectivity index (χ4n) is 3.01. The highest BCUT2D eigenvalue weighted by Gasteiger charge is 2.22. The quantitative estimate of drug-likeness (QED) is 0.522. The predicted molar refractivity (Wildman–Crippen MR) is 116 cm³/mol. The zero-order chi connectivity index (χ0) is 22.5. The monoisotopic (exact) mass is 445 g/mol. The van der Waals surface area contributed by atoms with E-state index in [0.717, 1.165) is 15.8 Å². The smallest absolute Gasteiger partial charge is 0.341 e. The minimum atomic E-state index is -0.571. The summed E-state index contributed by atoms with van der Waals surface area (Å²) in [5, 5.41) is 3.79. The number of hydrogen-bond donors (Lipinski definition) is 1. The predicted octanol–water partition coefficient (Wildman–Crippen LogP) is 4.02. The van der Waals surface area contributed by atoms with E-state index >= 15 is 0 Å². The molecule has 31 heavy (non-hydrogen) atoms. The largest absolute Gasteiger partial charge is 0.497 e. The SMILES string of the molecule is CCOC(=O)c1c(NC(=O)COC(=O)Cc2coc3cc(OC)ccc23)sc(C)c1C. The maximum absolute atomic E-state index is 12.3. The van der Waals surface area contributed by atoms with E-state index in [4.69, 9.17) is 18.6 Å². The van der Waals surface area contributed by atoms with E-state index in [1.807, 2.05) is 6.92 Å². The minimum absolute atomic E-state index is 0.0437. The van der Waals surface area contributed by atoms with E-state index in [1.54, 1.807) is 39.2 Å². The number of methoxy groups -OCH3 is 1. The Balaban J connectivity index is 1.60. The molecule has 164 valence electrons. The maximum Gasteiger partial charge on any atom is 0.341 e. The van der Waals surface area contributed by atoms with E-state index in [-0.39, 0.29) is 13.0 Å². The Labute approximate surface area is 183 Å². The first kappa shape index (κ1) is 22.4. The number of carbonyl (C=O) groups is 3. The van der Waals surface area contributed by atoms with Gasteiger partial charge in [0.2, 0.25) is 0 Å². The molecule has 0 bridgehead atoms. The number of thiophene rings is 1. The second-order valence-electron chi connectivity index (χ2n) is 6.72. The molecule has 2 aromatic heterocycles. The van der Waals surface area contributed by atoms with Crippen molar-refractivity contribution in [2.75, 3.05) is 25.6 Å². The molecule has 1 aromatic carbocycles. The Morgan fingerprint density at radius 2 is 1.94 bits per heavy atom. The summed E-state index contributed by atoms with van der Waals surface area (Å²) in [6.45, 7) is 5.11. The van der Waals surface area contributed by atoms with Crippen molar-refractivity contribution >= 4 is 45.2 Å². The van der Waals surface area contributed by atoms with Crippen LogP contribution in [0.1, 0.15) is 33.3 Å². The molecule has 0 aliphatic carbocycles. The van der Waals surface area contributed by atoms with Crippen LogP contribution in [0.2, 0.25) is 0 Å². The van der Waals surface area contributed by atoms with Gasteiger partial charge in [-0.1, -0.05) is 0 Å². The zero-order valence-corrected chi connectivity index (χ0v) is 18.5. The van der Waals surface area contributed by atoms with Gasteiger partial charge in [0, 0.05) is 21.9 Å². The van der Waals surface area contributed by atoms with Crippen molar-refractivity contribution in [1.82, 2.24) is 0 Å². The molecule has 2 heterocycles. The van der Waals surface area contributed by atoms with Crippen LogP contribution in [0.4, 0.5) is 5.00 Å². The molecule has 0 saturated heterocycles. The van der Waals surface area contributed by atoms with Crippen molar-refractivity contribution in [3.63, 3.8) is 0 Å². The number of benzene rings is 1. The molecular weight excluding hydrogens is 422 g/mol. The van der Waals surface area contributed by atoms with Gasteiger partial charge in [-0.05, 0) is 38.5 Å². The zero-order valence-electron chi connectivity index (χ0n) is 17.7. The molecule has 8 nitrogen and oxygen atoms in total. The van der Waals surface area contributed by atoms with Crippen LogP contribution in [-0.2, 0) is 25.5 Å². The first-order valence-electron chi connectivity index (χ1n) is 9.60. The van der Waals surface area contributed by atoms with E-state index in [9.17, 15) is 14.4 Å². The van der Waals surface area contributed by atoms with Crippen LogP contribution in [-0.4, -0.2) is 38.2 Å². The van der Waals surface area contributed by atoms with E-state index < -0.39 is 24.5 Å². The van der Waals surface area contributed by atoms with Crippen molar-refractivity contribution in [3.8, 4) is 5.75 Å². The van der Waals surface area contributed by atoms with Gasteiger partial charge in [-0.3, -0.25) is 9.59 Å². The van der Waals surface area contributed by atoms with Crippen molar-refractivity contribution in [1.29, 1.82) is 0 Å². The number of esters is 2. The number of hydrogen-bond acceptors (Lipinski definition) is 8. The van der Waals surface area contributed by atoms with Crippen LogP contribution >= 0.6 is 11.3 Å². The molecule has 0 aliphatic rings. The summed E-state index contributed by atoms with van der Waals surface area (Å²) >= 11 is 1.27.